The third-order valence-corrected chi connectivity index (χ3v) is 8.25. The number of rotatable bonds is 3. The lowest BCUT2D eigenvalue weighted by atomic mass is 10.0. The van der Waals surface area contributed by atoms with Gasteiger partial charge >= 0.3 is 0 Å². The molecule has 28 heavy (non-hydrogen) atoms. The van der Waals surface area contributed by atoms with E-state index in [2.05, 4.69) is 0 Å². The van der Waals surface area contributed by atoms with Gasteiger partial charge in [0, 0.05) is 30.1 Å². The van der Waals surface area contributed by atoms with Crippen molar-refractivity contribution in [3.8, 4) is 0 Å². The number of sulfonamides is 1. The molecule has 1 aromatic carbocycles. The van der Waals surface area contributed by atoms with Crippen LogP contribution in [0.3, 0.4) is 0 Å². The molecule has 1 amide bonds. The molecule has 0 bridgehead atoms. The molecule has 0 radical (unpaired) electrons. The van der Waals surface area contributed by atoms with Crippen molar-refractivity contribution in [3.63, 3.8) is 0 Å². The van der Waals surface area contributed by atoms with Crippen molar-refractivity contribution in [2.75, 3.05) is 26.3 Å². The number of ether oxygens (including phenoxy) is 1. The summed E-state index contributed by atoms with van der Waals surface area (Å²) in [5.41, 5.74) is 1.04. The smallest absolute Gasteiger partial charge is 0.254 e. The fraction of sp³-hybridized carbons (Fsp3) is 0.450. The summed E-state index contributed by atoms with van der Waals surface area (Å²) in [5, 5.41) is 2.00. The maximum atomic E-state index is 13.2. The van der Waals surface area contributed by atoms with Gasteiger partial charge < -0.3 is 9.64 Å². The van der Waals surface area contributed by atoms with Crippen LogP contribution in [0, 0.1) is 0 Å². The monoisotopic (exact) mass is 420 g/mol. The minimum absolute atomic E-state index is 0.163. The van der Waals surface area contributed by atoms with E-state index in [4.69, 9.17) is 4.74 Å². The van der Waals surface area contributed by atoms with Gasteiger partial charge in [0.05, 0.1) is 23.6 Å². The van der Waals surface area contributed by atoms with Crippen LogP contribution in [0.15, 0.2) is 40.6 Å². The number of hydrogen-bond donors (Lipinski definition) is 0. The van der Waals surface area contributed by atoms with Crippen LogP contribution in [0.2, 0.25) is 0 Å². The quantitative estimate of drug-likeness (QED) is 0.766. The number of nitrogens with zero attached hydrogens (tertiary/aromatic N) is 2. The summed E-state index contributed by atoms with van der Waals surface area (Å²) in [7, 11) is -3.66. The zero-order chi connectivity index (χ0) is 19.9. The summed E-state index contributed by atoms with van der Waals surface area (Å²) in [5.74, 6) is -0.163. The molecule has 0 atom stereocenters. The average molecular weight is 421 g/mol. The molecular formula is C20H24N2O4S2. The Morgan fingerprint density at radius 3 is 2.82 bits per heavy atom. The molecule has 0 aliphatic carbocycles. The number of carbonyl (C=O) groups excluding carboxylic acids is 1. The molecule has 8 heteroatoms. The Hall–Kier alpha value is -1.74. The third-order valence-electron chi connectivity index (χ3n) is 5.38. The van der Waals surface area contributed by atoms with Gasteiger partial charge in [-0.2, -0.15) is 4.31 Å². The predicted molar refractivity (Wildman–Crippen MR) is 108 cm³/mol. The summed E-state index contributed by atoms with van der Waals surface area (Å²) in [6.45, 7) is 6.21. The van der Waals surface area contributed by atoms with E-state index in [-0.39, 0.29) is 10.8 Å². The SMILES string of the molecule is CC1(C)COCCN1C(=O)c1cccc(S(=O)(=O)N2CCc3sccc3C2)c1. The highest BCUT2D eigenvalue weighted by atomic mass is 32.2. The van der Waals surface area contributed by atoms with Crippen molar-refractivity contribution in [1.82, 2.24) is 9.21 Å². The van der Waals surface area contributed by atoms with Crippen LogP contribution < -0.4 is 0 Å². The Kier molecular flexibility index (Phi) is 5.07. The molecule has 3 heterocycles. The van der Waals surface area contributed by atoms with Crippen LogP contribution >= 0.6 is 11.3 Å². The fourth-order valence-corrected chi connectivity index (χ4v) is 6.11. The van der Waals surface area contributed by atoms with Gasteiger partial charge in [-0.3, -0.25) is 4.79 Å². The van der Waals surface area contributed by atoms with Gasteiger partial charge in [-0.1, -0.05) is 6.07 Å². The number of thiophene rings is 1. The van der Waals surface area contributed by atoms with Crippen molar-refractivity contribution in [2.45, 2.75) is 37.2 Å². The predicted octanol–water partition coefficient (Wildman–Crippen LogP) is 2.75. The normalized spacial score (nSPS) is 20.0. The maximum Gasteiger partial charge on any atom is 0.254 e. The zero-order valence-corrected chi connectivity index (χ0v) is 17.7. The molecule has 0 unspecified atom stereocenters. The molecule has 2 aliphatic heterocycles. The number of hydrogen-bond acceptors (Lipinski definition) is 5. The minimum atomic E-state index is -3.66. The lowest BCUT2D eigenvalue weighted by molar-refractivity contribution is -0.0370. The highest BCUT2D eigenvalue weighted by Gasteiger charge is 2.35. The van der Waals surface area contributed by atoms with Crippen LogP contribution in [0.1, 0.15) is 34.6 Å². The van der Waals surface area contributed by atoms with E-state index in [1.165, 1.54) is 15.2 Å². The molecule has 2 aromatic rings. The standard InChI is InChI=1S/C20H24N2O4S2/c1-20(2)14-26-10-9-22(20)19(23)15-4-3-5-17(12-15)28(24,25)21-8-6-18-16(13-21)7-11-27-18/h3-5,7,11-12H,6,8-10,13-14H2,1-2H3. The van der Waals surface area contributed by atoms with Gasteiger partial charge in [-0.05, 0) is 55.5 Å². The van der Waals surface area contributed by atoms with Crippen molar-refractivity contribution in [1.29, 1.82) is 0 Å². The number of benzene rings is 1. The maximum absolute atomic E-state index is 13.2. The average Bonchev–Trinajstić information content (AvgIpc) is 3.15. The van der Waals surface area contributed by atoms with Crippen molar-refractivity contribution >= 4 is 27.3 Å². The second kappa shape index (κ2) is 7.26. The van der Waals surface area contributed by atoms with Crippen LogP contribution in [0.25, 0.3) is 0 Å². The van der Waals surface area contributed by atoms with E-state index < -0.39 is 15.6 Å². The first-order chi connectivity index (χ1) is 13.3. The van der Waals surface area contributed by atoms with Crippen LogP contribution in [-0.4, -0.2) is 55.4 Å². The second-order valence-electron chi connectivity index (χ2n) is 7.81. The first-order valence-corrected chi connectivity index (χ1v) is 11.7. The Morgan fingerprint density at radius 2 is 2.04 bits per heavy atom. The van der Waals surface area contributed by atoms with E-state index in [1.807, 2.05) is 25.3 Å². The van der Waals surface area contributed by atoms with Gasteiger partial charge in [0.15, 0.2) is 0 Å². The van der Waals surface area contributed by atoms with Gasteiger partial charge in [0.2, 0.25) is 10.0 Å². The Balaban J connectivity index is 1.61. The summed E-state index contributed by atoms with van der Waals surface area (Å²) in [6.07, 6.45) is 0.729. The van der Waals surface area contributed by atoms with E-state index >= 15 is 0 Å². The molecular weight excluding hydrogens is 396 g/mol. The van der Waals surface area contributed by atoms with E-state index in [9.17, 15) is 13.2 Å². The largest absolute Gasteiger partial charge is 0.377 e. The molecule has 2 aliphatic rings. The number of carbonyl (C=O) groups is 1. The van der Waals surface area contributed by atoms with Crippen LogP contribution in [-0.2, 0) is 27.7 Å². The molecule has 1 aromatic heterocycles. The van der Waals surface area contributed by atoms with Gasteiger partial charge in [-0.15, -0.1) is 11.3 Å². The molecule has 6 nitrogen and oxygen atoms in total. The van der Waals surface area contributed by atoms with E-state index in [1.54, 1.807) is 34.4 Å². The highest BCUT2D eigenvalue weighted by Crippen LogP contribution is 2.29. The van der Waals surface area contributed by atoms with Gasteiger partial charge in [0.25, 0.3) is 5.91 Å². The van der Waals surface area contributed by atoms with Crippen LogP contribution in [0.4, 0.5) is 0 Å². The van der Waals surface area contributed by atoms with Gasteiger partial charge in [-0.25, -0.2) is 8.42 Å². The number of fused-ring (bicyclic) bond motifs is 1. The Labute approximate surface area is 169 Å². The molecule has 0 spiro atoms. The van der Waals surface area contributed by atoms with Crippen molar-refractivity contribution in [2.24, 2.45) is 0 Å². The number of amides is 1. The van der Waals surface area contributed by atoms with Crippen LogP contribution in [0.5, 0.6) is 0 Å². The van der Waals surface area contributed by atoms with E-state index in [0.29, 0.717) is 38.4 Å². The minimum Gasteiger partial charge on any atom is -0.377 e. The first-order valence-electron chi connectivity index (χ1n) is 9.34. The molecule has 150 valence electrons. The molecule has 1 saturated heterocycles. The Morgan fingerprint density at radius 1 is 1.21 bits per heavy atom. The van der Waals surface area contributed by atoms with Gasteiger partial charge in [0.1, 0.15) is 0 Å². The topological polar surface area (TPSA) is 66.9 Å². The molecule has 4 rings (SSSR count). The summed E-state index contributed by atoms with van der Waals surface area (Å²) in [4.78, 5) is 16.3. The van der Waals surface area contributed by atoms with Crippen molar-refractivity contribution < 1.29 is 17.9 Å². The highest BCUT2D eigenvalue weighted by molar-refractivity contribution is 7.89. The molecule has 0 N–H and O–H groups in total. The summed E-state index contributed by atoms with van der Waals surface area (Å²) in [6, 6.07) is 8.39. The lowest BCUT2D eigenvalue weighted by Crippen LogP contribution is -2.55. The fourth-order valence-electron chi connectivity index (χ4n) is 3.76. The first kappa shape index (κ1) is 19.6. The summed E-state index contributed by atoms with van der Waals surface area (Å²) >= 11 is 1.67. The van der Waals surface area contributed by atoms with Crippen molar-refractivity contribution in [3.05, 3.63) is 51.7 Å². The lowest BCUT2D eigenvalue weighted by Gasteiger charge is -2.42. The number of morpholine rings is 1. The Bertz CT molecular complexity index is 997. The second-order valence-corrected chi connectivity index (χ2v) is 10.7. The molecule has 1 fully saturated rings. The zero-order valence-electron chi connectivity index (χ0n) is 16.1. The third kappa shape index (κ3) is 3.50. The molecule has 0 saturated carbocycles. The van der Waals surface area contributed by atoms with E-state index in [0.717, 1.165) is 12.0 Å². The summed E-state index contributed by atoms with van der Waals surface area (Å²) < 4.78 is 33.4.